The molecule has 1 aromatic carbocycles. The van der Waals surface area contributed by atoms with Gasteiger partial charge in [0.15, 0.2) is 0 Å². The highest BCUT2D eigenvalue weighted by Gasteiger charge is 2.68. The summed E-state index contributed by atoms with van der Waals surface area (Å²) in [6, 6.07) is 10.2. The summed E-state index contributed by atoms with van der Waals surface area (Å²) in [7, 11) is 0. The quantitative estimate of drug-likeness (QED) is 0.825. The molecule has 0 aromatic heterocycles. The molecule has 16 heavy (non-hydrogen) atoms. The van der Waals surface area contributed by atoms with Gasteiger partial charge in [0.25, 0.3) is 0 Å². The maximum Gasteiger partial charge on any atom is 0.307 e. The number of hydrogen-bond acceptors (Lipinski definition) is 1. The number of carboxylic acid groups (broad SMARTS) is 1. The lowest BCUT2D eigenvalue weighted by Crippen LogP contribution is -2.17. The highest BCUT2D eigenvalue weighted by molar-refractivity contribution is 5.78. The Labute approximate surface area is 95.3 Å². The first-order valence-electron chi connectivity index (χ1n) is 6.05. The molecule has 1 aromatic rings. The number of benzene rings is 1. The molecular formula is C14H16O2. The van der Waals surface area contributed by atoms with Crippen molar-refractivity contribution in [2.75, 3.05) is 0 Å². The molecular weight excluding hydrogens is 200 g/mol. The van der Waals surface area contributed by atoms with Crippen molar-refractivity contribution < 1.29 is 9.90 Å². The van der Waals surface area contributed by atoms with Gasteiger partial charge in [-0.1, -0.05) is 43.2 Å². The average molecular weight is 216 g/mol. The van der Waals surface area contributed by atoms with E-state index in [9.17, 15) is 9.90 Å². The van der Waals surface area contributed by atoms with E-state index >= 15 is 0 Å². The number of rotatable bonds is 2. The Morgan fingerprint density at radius 1 is 1.25 bits per heavy atom. The van der Waals surface area contributed by atoms with Gasteiger partial charge in [0.2, 0.25) is 0 Å². The summed E-state index contributed by atoms with van der Waals surface area (Å²) in [5, 5.41) is 9.31. The van der Waals surface area contributed by atoms with Gasteiger partial charge >= 0.3 is 5.97 Å². The van der Waals surface area contributed by atoms with Crippen molar-refractivity contribution in [1.29, 1.82) is 0 Å². The maximum absolute atomic E-state index is 11.3. The Morgan fingerprint density at radius 3 is 2.69 bits per heavy atom. The third-order valence-corrected chi connectivity index (χ3v) is 4.44. The molecule has 2 heteroatoms. The van der Waals surface area contributed by atoms with Crippen LogP contribution in [-0.2, 0) is 10.2 Å². The van der Waals surface area contributed by atoms with Gasteiger partial charge < -0.3 is 5.11 Å². The number of aliphatic carboxylic acids is 1. The molecule has 2 aliphatic rings. The van der Waals surface area contributed by atoms with E-state index in [1.54, 1.807) is 0 Å². The Morgan fingerprint density at radius 2 is 2.00 bits per heavy atom. The number of carboxylic acids is 1. The largest absolute Gasteiger partial charge is 0.481 e. The zero-order chi connectivity index (χ0) is 11.2. The minimum Gasteiger partial charge on any atom is -0.481 e. The molecule has 2 fully saturated rings. The van der Waals surface area contributed by atoms with Crippen LogP contribution in [0, 0.1) is 11.8 Å². The zero-order valence-electron chi connectivity index (χ0n) is 9.23. The molecule has 3 rings (SSSR count). The zero-order valence-corrected chi connectivity index (χ0v) is 9.23. The first kappa shape index (κ1) is 9.88. The molecule has 0 saturated heterocycles. The Bertz CT molecular complexity index is 412. The molecule has 84 valence electrons. The second-order valence-corrected chi connectivity index (χ2v) is 5.07. The minimum absolute atomic E-state index is 0.0225. The van der Waals surface area contributed by atoms with Crippen molar-refractivity contribution in [2.45, 2.75) is 31.1 Å². The van der Waals surface area contributed by atoms with Gasteiger partial charge in [-0.05, 0) is 24.3 Å². The third kappa shape index (κ3) is 1.16. The molecule has 0 amide bonds. The topological polar surface area (TPSA) is 37.3 Å². The lowest BCUT2D eigenvalue weighted by Gasteiger charge is -2.22. The highest BCUT2D eigenvalue weighted by Crippen LogP contribution is 2.67. The van der Waals surface area contributed by atoms with Gasteiger partial charge in [-0.2, -0.15) is 0 Å². The summed E-state index contributed by atoms with van der Waals surface area (Å²) in [5.74, 6) is -0.339. The number of carbonyl (C=O) groups is 1. The molecule has 1 N–H and O–H groups in total. The minimum atomic E-state index is -0.601. The first-order chi connectivity index (χ1) is 7.77. The fraction of sp³-hybridized carbons (Fsp3) is 0.500. The summed E-state index contributed by atoms with van der Waals surface area (Å²) >= 11 is 0. The van der Waals surface area contributed by atoms with Crippen LogP contribution in [0.4, 0.5) is 0 Å². The smallest absolute Gasteiger partial charge is 0.307 e. The summed E-state index contributed by atoms with van der Waals surface area (Å²) in [6.45, 7) is 0. The van der Waals surface area contributed by atoms with Crippen LogP contribution >= 0.6 is 0 Å². The van der Waals surface area contributed by atoms with Gasteiger partial charge in [0, 0.05) is 5.41 Å². The van der Waals surface area contributed by atoms with E-state index in [4.69, 9.17) is 0 Å². The molecule has 0 bridgehead atoms. The van der Waals surface area contributed by atoms with Crippen LogP contribution in [0.15, 0.2) is 30.3 Å². The maximum atomic E-state index is 11.3. The second kappa shape index (κ2) is 3.34. The summed E-state index contributed by atoms with van der Waals surface area (Å²) < 4.78 is 0. The van der Waals surface area contributed by atoms with E-state index in [0.717, 1.165) is 12.8 Å². The monoisotopic (exact) mass is 216 g/mol. The molecule has 0 unspecified atom stereocenters. The predicted octanol–water partition coefficient (Wildman–Crippen LogP) is 2.83. The molecule has 0 aliphatic heterocycles. The van der Waals surface area contributed by atoms with Crippen molar-refractivity contribution in [2.24, 2.45) is 11.8 Å². The van der Waals surface area contributed by atoms with Gasteiger partial charge in [-0.15, -0.1) is 0 Å². The van der Waals surface area contributed by atoms with Crippen LogP contribution < -0.4 is 0 Å². The Balaban J connectivity index is 2.00. The summed E-state index contributed by atoms with van der Waals surface area (Å²) in [5.41, 5.74) is 1.22. The summed E-state index contributed by atoms with van der Waals surface area (Å²) in [4.78, 5) is 11.3. The van der Waals surface area contributed by atoms with E-state index in [1.807, 2.05) is 18.2 Å². The van der Waals surface area contributed by atoms with E-state index < -0.39 is 5.97 Å². The molecule has 2 saturated carbocycles. The van der Waals surface area contributed by atoms with Crippen LogP contribution in [0.5, 0.6) is 0 Å². The fourth-order valence-corrected chi connectivity index (χ4v) is 3.74. The van der Waals surface area contributed by atoms with Crippen molar-refractivity contribution in [3.63, 3.8) is 0 Å². The van der Waals surface area contributed by atoms with Crippen LogP contribution in [0.25, 0.3) is 0 Å². The Kier molecular flexibility index (Phi) is 2.06. The summed E-state index contributed by atoms with van der Waals surface area (Å²) in [6.07, 6.45) is 4.52. The molecule has 0 spiro atoms. The lowest BCUT2D eigenvalue weighted by atomic mass is 9.82. The molecule has 2 aliphatic carbocycles. The van der Waals surface area contributed by atoms with Crippen LogP contribution in [0.2, 0.25) is 0 Å². The van der Waals surface area contributed by atoms with E-state index in [-0.39, 0.29) is 11.3 Å². The number of fused-ring (bicyclic) bond motifs is 1. The molecule has 0 radical (unpaired) electrons. The fourth-order valence-electron chi connectivity index (χ4n) is 3.74. The van der Waals surface area contributed by atoms with Crippen LogP contribution in [-0.4, -0.2) is 11.1 Å². The van der Waals surface area contributed by atoms with Crippen LogP contribution in [0.3, 0.4) is 0 Å². The van der Waals surface area contributed by atoms with E-state index in [0.29, 0.717) is 5.92 Å². The van der Waals surface area contributed by atoms with Gasteiger partial charge in [0.05, 0.1) is 5.92 Å². The first-order valence-corrected chi connectivity index (χ1v) is 6.05. The predicted molar refractivity (Wildman–Crippen MR) is 61.2 cm³/mol. The van der Waals surface area contributed by atoms with Crippen molar-refractivity contribution >= 4 is 5.97 Å². The van der Waals surface area contributed by atoms with Crippen LogP contribution in [0.1, 0.15) is 31.2 Å². The van der Waals surface area contributed by atoms with Gasteiger partial charge in [0.1, 0.15) is 0 Å². The third-order valence-electron chi connectivity index (χ3n) is 4.44. The van der Waals surface area contributed by atoms with E-state index in [1.165, 1.54) is 18.4 Å². The number of hydrogen-bond donors (Lipinski definition) is 1. The molecule has 2 nitrogen and oxygen atoms in total. The van der Waals surface area contributed by atoms with Crippen molar-refractivity contribution in [1.82, 2.24) is 0 Å². The van der Waals surface area contributed by atoms with Gasteiger partial charge in [-0.3, -0.25) is 4.79 Å². The van der Waals surface area contributed by atoms with Crippen molar-refractivity contribution in [3.05, 3.63) is 35.9 Å². The van der Waals surface area contributed by atoms with Crippen molar-refractivity contribution in [3.8, 4) is 0 Å². The average Bonchev–Trinajstić information content (AvgIpc) is 3.00. The molecule has 3 atom stereocenters. The van der Waals surface area contributed by atoms with E-state index in [2.05, 4.69) is 12.1 Å². The molecule has 0 heterocycles. The van der Waals surface area contributed by atoms with Gasteiger partial charge in [-0.25, -0.2) is 0 Å². The normalized spacial score (nSPS) is 36.5. The SMILES string of the molecule is O=C(O)[C@@H]1[C@@H]2CCCC[C@@]12c1ccccc1. The standard InChI is InChI=1S/C14H16O2/c15-13(16)12-11-8-4-5-9-14(11,12)10-6-2-1-3-7-10/h1-3,6-7,11-12H,4-5,8-9H2,(H,15,16)/t11-,12-,14-/m0/s1. The second-order valence-electron chi connectivity index (χ2n) is 5.07. The lowest BCUT2D eigenvalue weighted by molar-refractivity contribution is -0.139. The Hall–Kier alpha value is -1.31. The highest BCUT2D eigenvalue weighted by atomic mass is 16.4.